The lowest BCUT2D eigenvalue weighted by atomic mass is 10.6. The van der Waals surface area contributed by atoms with Crippen molar-refractivity contribution in [2.45, 2.75) is 25.8 Å². The SMILES string of the molecule is CCNCCS(=O)(=O)N(CCO)C1CC1. The summed E-state index contributed by atoms with van der Waals surface area (Å²) in [4.78, 5) is 0. The fourth-order valence-corrected chi connectivity index (χ4v) is 3.17. The molecule has 90 valence electrons. The molecule has 0 unspecified atom stereocenters. The summed E-state index contributed by atoms with van der Waals surface area (Å²) in [6.45, 7) is 3.33. The van der Waals surface area contributed by atoms with Crippen molar-refractivity contribution < 1.29 is 13.5 Å². The molecule has 0 aromatic rings. The van der Waals surface area contributed by atoms with Crippen LogP contribution >= 0.6 is 0 Å². The highest BCUT2D eigenvalue weighted by Crippen LogP contribution is 2.28. The maximum Gasteiger partial charge on any atom is 0.215 e. The van der Waals surface area contributed by atoms with Gasteiger partial charge in [-0.05, 0) is 19.4 Å². The van der Waals surface area contributed by atoms with E-state index in [0.717, 1.165) is 19.4 Å². The Balaban J connectivity index is 2.48. The van der Waals surface area contributed by atoms with Crippen molar-refractivity contribution in [1.82, 2.24) is 9.62 Å². The maximum absolute atomic E-state index is 11.9. The van der Waals surface area contributed by atoms with Gasteiger partial charge in [0, 0.05) is 19.1 Å². The van der Waals surface area contributed by atoms with Crippen LogP contribution in [0.3, 0.4) is 0 Å². The van der Waals surface area contributed by atoms with Crippen molar-refractivity contribution in [3.63, 3.8) is 0 Å². The minimum Gasteiger partial charge on any atom is -0.395 e. The molecule has 0 bridgehead atoms. The molecule has 0 heterocycles. The van der Waals surface area contributed by atoms with Gasteiger partial charge in [0.2, 0.25) is 10.0 Å². The lowest BCUT2D eigenvalue weighted by Gasteiger charge is -2.20. The van der Waals surface area contributed by atoms with E-state index in [0.29, 0.717) is 6.54 Å². The Bertz CT molecular complexity index is 275. The van der Waals surface area contributed by atoms with Gasteiger partial charge in [-0.3, -0.25) is 0 Å². The summed E-state index contributed by atoms with van der Waals surface area (Å²) in [6.07, 6.45) is 1.86. The predicted molar refractivity (Wildman–Crippen MR) is 59.1 cm³/mol. The van der Waals surface area contributed by atoms with Crippen LogP contribution in [-0.4, -0.2) is 55.9 Å². The average molecular weight is 236 g/mol. The molecule has 6 heteroatoms. The van der Waals surface area contributed by atoms with Crippen LogP contribution in [0.15, 0.2) is 0 Å². The minimum absolute atomic E-state index is 0.100. The fraction of sp³-hybridized carbons (Fsp3) is 1.00. The van der Waals surface area contributed by atoms with Gasteiger partial charge in [-0.25, -0.2) is 8.42 Å². The molecule has 0 radical (unpaired) electrons. The van der Waals surface area contributed by atoms with Crippen LogP contribution in [0.2, 0.25) is 0 Å². The van der Waals surface area contributed by atoms with Gasteiger partial charge < -0.3 is 10.4 Å². The molecule has 1 aliphatic carbocycles. The number of sulfonamides is 1. The van der Waals surface area contributed by atoms with Crippen molar-refractivity contribution >= 4 is 10.0 Å². The summed E-state index contributed by atoms with van der Waals surface area (Å²) in [5.41, 5.74) is 0. The Labute approximate surface area is 91.5 Å². The zero-order chi connectivity index (χ0) is 11.3. The summed E-state index contributed by atoms with van der Waals surface area (Å²) in [6, 6.07) is 0.142. The van der Waals surface area contributed by atoms with Crippen LogP contribution in [0.4, 0.5) is 0 Å². The number of hydrogen-bond donors (Lipinski definition) is 2. The van der Waals surface area contributed by atoms with E-state index in [1.54, 1.807) is 0 Å². The molecule has 5 nitrogen and oxygen atoms in total. The van der Waals surface area contributed by atoms with Gasteiger partial charge in [0.25, 0.3) is 0 Å². The number of aliphatic hydroxyl groups is 1. The van der Waals surface area contributed by atoms with Crippen LogP contribution in [0.5, 0.6) is 0 Å². The number of nitrogens with one attached hydrogen (secondary N) is 1. The van der Waals surface area contributed by atoms with Crippen LogP contribution in [0.1, 0.15) is 19.8 Å². The third kappa shape index (κ3) is 4.06. The molecule has 1 fully saturated rings. The van der Waals surface area contributed by atoms with Crippen molar-refractivity contribution in [2.75, 3.05) is 32.0 Å². The van der Waals surface area contributed by atoms with Crippen molar-refractivity contribution in [3.05, 3.63) is 0 Å². The second-order valence-electron chi connectivity index (χ2n) is 3.74. The third-order valence-corrected chi connectivity index (χ3v) is 4.33. The van der Waals surface area contributed by atoms with Gasteiger partial charge in [-0.1, -0.05) is 6.92 Å². The first-order valence-electron chi connectivity index (χ1n) is 5.43. The molecule has 1 aliphatic rings. The van der Waals surface area contributed by atoms with E-state index in [4.69, 9.17) is 5.11 Å². The Hall–Kier alpha value is -0.170. The fourth-order valence-electron chi connectivity index (χ4n) is 1.51. The van der Waals surface area contributed by atoms with E-state index in [-0.39, 0.29) is 24.9 Å². The van der Waals surface area contributed by atoms with E-state index in [9.17, 15) is 8.42 Å². The largest absolute Gasteiger partial charge is 0.395 e. The van der Waals surface area contributed by atoms with Crippen molar-refractivity contribution in [3.8, 4) is 0 Å². The van der Waals surface area contributed by atoms with E-state index in [2.05, 4.69) is 5.32 Å². The average Bonchev–Trinajstić information content (AvgIpc) is 2.97. The number of aliphatic hydroxyl groups excluding tert-OH is 1. The Morgan fingerprint density at radius 3 is 2.60 bits per heavy atom. The van der Waals surface area contributed by atoms with Crippen molar-refractivity contribution in [2.24, 2.45) is 0 Å². The summed E-state index contributed by atoms with van der Waals surface area (Å²) < 4.78 is 25.2. The topological polar surface area (TPSA) is 69.6 Å². The standard InChI is InChI=1S/C9H20N2O3S/c1-2-10-5-8-15(13,14)11(6-7-12)9-3-4-9/h9-10,12H,2-8H2,1H3. The zero-order valence-corrected chi connectivity index (χ0v) is 9.96. The van der Waals surface area contributed by atoms with Gasteiger partial charge in [-0.15, -0.1) is 0 Å². The highest BCUT2D eigenvalue weighted by Gasteiger charge is 2.36. The molecule has 0 spiro atoms. The monoisotopic (exact) mass is 236 g/mol. The molecule has 15 heavy (non-hydrogen) atoms. The second-order valence-corrected chi connectivity index (χ2v) is 5.78. The molecule has 1 rings (SSSR count). The third-order valence-electron chi connectivity index (χ3n) is 2.42. The predicted octanol–water partition coefficient (Wildman–Crippen LogP) is -0.618. The molecular weight excluding hydrogens is 216 g/mol. The lowest BCUT2D eigenvalue weighted by molar-refractivity contribution is 0.250. The molecule has 0 atom stereocenters. The Morgan fingerprint density at radius 2 is 2.13 bits per heavy atom. The molecule has 1 saturated carbocycles. The quantitative estimate of drug-likeness (QED) is 0.551. The molecule has 0 saturated heterocycles. The normalized spacial score (nSPS) is 17.3. The number of hydrogen-bond acceptors (Lipinski definition) is 4. The van der Waals surface area contributed by atoms with Gasteiger partial charge in [-0.2, -0.15) is 4.31 Å². The Kier molecular flexibility index (Phi) is 4.98. The van der Waals surface area contributed by atoms with E-state index < -0.39 is 10.0 Å². The molecule has 0 aromatic heterocycles. The first-order chi connectivity index (χ1) is 7.11. The summed E-state index contributed by atoms with van der Waals surface area (Å²) in [5.74, 6) is 0.122. The van der Waals surface area contributed by atoms with Crippen LogP contribution in [0, 0.1) is 0 Å². The van der Waals surface area contributed by atoms with Gasteiger partial charge in [0.15, 0.2) is 0 Å². The molecule has 0 aliphatic heterocycles. The zero-order valence-electron chi connectivity index (χ0n) is 9.15. The van der Waals surface area contributed by atoms with Crippen LogP contribution in [0.25, 0.3) is 0 Å². The van der Waals surface area contributed by atoms with Crippen LogP contribution < -0.4 is 5.32 Å². The molecule has 0 aromatic carbocycles. The summed E-state index contributed by atoms with van der Waals surface area (Å²) in [5, 5.41) is 11.8. The van der Waals surface area contributed by atoms with E-state index in [1.165, 1.54) is 4.31 Å². The van der Waals surface area contributed by atoms with E-state index in [1.807, 2.05) is 6.92 Å². The summed E-state index contributed by atoms with van der Waals surface area (Å²) >= 11 is 0. The summed E-state index contributed by atoms with van der Waals surface area (Å²) in [7, 11) is -3.18. The molecule has 0 amide bonds. The highest BCUT2D eigenvalue weighted by atomic mass is 32.2. The molecule has 2 N–H and O–H groups in total. The second kappa shape index (κ2) is 5.79. The van der Waals surface area contributed by atoms with Gasteiger partial charge in [0.05, 0.1) is 12.4 Å². The van der Waals surface area contributed by atoms with Crippen molar-refractivity contribution in [1.29, 1.82) is 0 Å². The maximum atomic E-state index is 11.9. The first kappa shape index (κ1) is 12.9. The van der Waals surface area contributed by atoms with E-state index >= 15 is 0 Å². The first-order valence-corrected chi connectivity index (χ1v) is 7.04. The van der Waals surface area contributed by atoms with Gasteiger partial charge >= 0.3 is 0 Å². The number of nitrogens with zero attached hydrogens (tertiary/aromatic N) is 1. The highest BCUT2D eigenvalue weighted by molar-refractivity contribution is 7.89. The molecular formula is C9H20N2O3S. The number of rotatable bonds is 8. The minimum atomic E-state index is -3.18. The van der Waals surface area contributed by atoms with Gasteiger partial charge in [0.1, 0.15) is 0 Å². The smallest absolute Gasteiger partial charge is 0.215 e. The lowest BCUT2D eigenvalue weighted by Crippen LogP contribution is -2.39. The Morgan fingerprint density at radius 1 is 1.47 bits per heavy atom. The van der Waals surface area contributed by atoms with Crippen LogP contribution in [-0.2, 0) is 10.0 Å².